The highest BCUT2D eigenvalue weighted by atomic mass is 32.2. The van der Waals surface area contributed by atoms with Gasteiger partial charge in [-0.2, -0.15) is 5.10 Å². The number of halogens is 1. The van der Waals surface area contributed by atoms with Crippen LogP contribution < -0.4 is 4.72 Å². The standard InChI is InChI=1S/C14H15FN6O2S/c1-3-21-10(2)13(14(18-21)20-8-16-17-9-20)19-24(22,23)12-6-4-11(15)5-7-12/h4-9,19H,3H2,1-2H3. The van der Waals surface area contributed by atoms with Gasteiger partial charge in [-0.3, -0.25) is 14.0 Å². The van der Waals surface area contributed by atoms with Gasteiger partial charge in [0, 0.05) is 6.54 Å². The fraction of sp³-hybridized carbons (Fsp3) is 0.214. The number of sulfonamides is 1. The molecule has 0 spiro atoms. The van der Waals surface area contributed by atoms with Crippen molar-refractivity contribution < 1.29 is 12.8 Å². The Morgan fingerprint density at radius 3 is 2.38 bits per heavy atom. The Morgan fingerprint density at radius 2 is 1.79 bits per heavy atom. The topological polar surface area (TPSA) is 94.7 Å². The Bertz CT molecular complexity index is 948. The van der Waals surface area contributed by atoms with Crippen molar-refractivity contribution in [2.75, 3.05) is 4.72 Å². The molecule has 3 aromatic rings. The van der Waals surface area contributed by atoms with Crippen molar-refractivity contribution >= 4 is 15.7 Å². The van der Waals surface area contributed by atoms with E-state index < -0.39 is 15.8 Å². The predicted octanol–water partition coefficient (Wildman–Crippen LogP) is 1.73. The molecule has 1 aromatic carbocycles. The van der Waals surface area contributed by atoms with Crippen molar-refractivity contribution in [3.8, 4) is 5.82 Å². The summed E-state index contributed by atoms with van der Waals surface area (Å²) >= 11 is 0. The van der Waals surface area contributed by atoms with Crippen LogP contribution >= 0.6 is 0 Å². The molecule has 126 valence electrons. The fourth-order valence-corrected chi connectivity index (χ4v) is 3.38. The average molecular weight is 350 g/mol. The highest BCUT2D eigenvalue weighted by Gasteiger charge is 2.22. The van der Waals surface area contributed by atoms with Gasteiger partial charge in [-0.05, 0) is 38.1 Å². The number of rotatable bonds is 5. The van der Waals surface area contributed by atoms with Crippen LogP contribution in [0.3, 0.4) is 0 Å². The molecule has 0 saturated heterocycles. The van der Waals surface area contributed by atoms with Crippen molar-refractivity contribution in [2.45, 2.75) is 25.3 Å². The second-order valence-corrected chi connectivity index (χ2v) is 6.71. The Hall–Kier alpha value is -2.75. The van der Waals surface area contributed by atoms with E-state index in [1.165, 1.54) is 29.4 Å². The van der Waals surface area contributed by atoms with E-state index in [4.69, 9.17) is 0 Å². The normalized spacial score (nSPS) is 11.6. The first-order chi connectivity index (χ1) is 11.4. The van der Waals surface area contributed by atoms with Crippen LogP contribution in [0.1, 0.15) is 12.6 Å². The Labute approximate surface area is 138 Å². The predicted molar refractivity (Wildman–Crippen MR) is 84.8 cm³/mol. The van der Waals surface area contributed by atoms with E-state index >= 15 is 0 Å². The molecule has 0 saturated carbocycles. The molecular formula is C14H15FN6O2S. The Morgan fingerprint density at radius 1 is 1.17 bits per heavy atom. The van der Waals surface area contributed by atoms with E-state index in [1.807, 2.05) is 6.92 Å². The number of aryl methyl sites for hydroxylation is 1. The summed E-state index contributed by atoms with van der Waals surface area (Å²) in [6, 6.07) is 4.60. The molecule has 0 aliphatic carbocycles. The van der Waals surface area contributed by atoms with Crippen molar-refractivity contribution in [3.63, 3.8) is 0 Å². The largest absolute Gasteiger partial charge is 0.274 e. The lowest BCUT2D eigenvalue weighted by molar-refractivity contribution is 0.599. The quantitative estimate of drug-likeness (QED) is 0.756. The van der Waals surface area contributed by atoms with Gasteiger partial charge >= 0.3 is 0 Å². The number of benzene rings is 1. The maximum Gasteiger partial charge on any atom is 0.262 e. The molecular weight excluding hydrogens is 335 g/mol. The first kappa shape index (κ1) is 16.1. The third kappa shape index (κ3) is 2.87. The van der Waals surface area contributed by atoms with Crippen molar-refractivity contribution in [1.82, 2.24) is 24.5 Å². The smallest absolute Gasteiger partial charge is 0.262 e. The van der Waals surface area contributed by atoms with Gasteiger partial charge in [0.15, 0.2) is 5.82 Å². The summed E-state index contributed by atoms with van der Waals surface area (Å²) in [6.07, 6.45) is 2.86. The molecule has 0 bridgehead atoms. The summed E-state index contributed by atoms with van der Waals surface area (Å²) in [7, 11) is -3.89. The molecule has 1 N–H and O–H groups in total. The molecule has 2 aromatic heterocycles. The van der Waals surface area contributed by atoms with E-state index in [1.54, 1.807) is 11.6 Å². The zero-order chi connectivity index (χ0) is 17.3. The van der Waals surface area contributed by atoms with Gasteiger partial charge in [-0.1, -0.05) is 0 Å². The fourth-order valence-electron chi connectivity index (χ4n) is 2.26. The molecule has 0 aliphatic rings. The monoisotopic (exact) mass is 350 g/mol. The van der Waals surface area contributed by atoms with Gasteiger partial charge in [0.2, 0.25) is 0 Å². The van der Waals surface area contributed by atoms with Crippen molar-refractivity contribution in [3.05, 3.63) is 48.4 Å². The van der Waals surface area contributed by atoms with Crippen LogP contribution in [0.2, 0.25) is 0 Å². The van der Waals surface area contributed by atoms with Gasteiger partial charge in [-0.15, -0.1) is 10.2 Å². The zero-order valence-electron chi connectivity index (χ0n) is 13.0. The van der Waals surface area contributed by atoms with Gasteiger partial charge in [0.1, 0.15) is 24.2 Å². The summed E-state index contributed by atoms with van der Waals surface area (Å²) in [5.41, 5.74) is 0.966. The van der Waals surface area contributed by atoms with Gasteiger partial charge in [0.05, 0.1) is 10.6 Å². The summed E-state index contributed by atoms with van der Waals surface area (Å²) in [5.74, 6) is -0.140. The molecule has 8 nitrogen and oxygen atoms in total. The van der Waals surface area contributed by atoms with Crippen LogP contribution in [-0.2, 0) is 16.6 Å². The first-order valence-corrected chi connectivity index (χ1v) is 8.61. The molecule has 3 rings (SSSR count). The third-order valence-electron chi connectivity index (χ3n) is 3.51. The molecule has 0 aliphatic heterocycles. The number of hydrogen-bond acceptors (Lipinski definition) is 5. The van der Waals surface area contributed by atoms with E-state index in [-0.39, 0.29) is 4.90 Å². The Balaban J connectivity index is 2.06. The summed E-state index contributed by atoms with van der Waals surface area (Å²) in [5, 5.41) is 11.8. The van der Waals surface area contributed by atoms with E-state index in [0.717, 1.165) is 12.1 Å². The van der Waals surface area contributed by atoms with Crippen molar-refractivity contribution in [2.24, 2.45) is 0 Å². The maximum absolute atomic E-state index is 13.0. The number of anilines is 1. The molecule has 0 unspecified atom stereocenters. The molecule has 0 radical (unpaired) electrons. The molecule has 10 heteroatoms. The lowest BCUT2D eigenvalue weighted by atomic mass is 10.4. The molecule has 0 fully saturated rings. The van der Waals surface area contributed by atoms with E-state index in [2.05, 4.69) is 20.0 Å². The van der Waals surface area contributed by atoms with Gasteiger partial charge in [-0.25, -0.2) is 12.8 Å². The summed E-state index contributed by atoms with van der Waals surface area (Å²) in [6.45, 7) is 4.22. The highest BCUT2D eigenvalue weighted by Crippen LogP contribution is 2.26. The van der Waals surface area contributed by atoms with Gasteiger partial charge < -0.3 is 0 Å². The Kier molecular flexibility index (Phi) is 4.06. The maximum atomic E-state index is 13.0. The first-order valence-electron chi connectivity index (χ1n) is 7.13. The van der Waals surface area contributed by atoms with Crippen LogP contribution in [0.25, 0.3) is 5.82 Å². The average Bonchev–Trinajstić information content (AvgIpc) is 3.17. The number of nitrogens with one attached hydrogen (secondary N) is 1. The zero-order valence-corrected chi connectivity index (χ0v) is 13.8. The summed E-state index contributed by atoms with van der Waals surface area (Å²) in [4.78, 5) is -0.0396. The summed E-state index contributed by atoms with van der Waals surface area (Å²) < 4.78 is 43.9. The van der Waals surface area contributed by atoms with Gasteiger partial charge in [0.25, 0.3) is 10.0 Å². The van der Waals surface area contributed by atoms with Crippen LogP contribution in [0, 0.1) is 12.7 Å². The second kappa shape index (κ2) is 6.04. The van der Waals surface area contributed by atoms with E-state index in [0.29, 0.717) is 23.7 Å². The number of hydrogen-bond donors (Lipinski definition) is 1. The van der Waals surface area contributed by atoms with Crippen LogP contribution in [0.5, 0.6) is 0 Å². The lowest BCUT2D eigenvalue weighted by Crippen LogP contribution is -2.15. The lowest BCUT2D eigenvalue weighted by Gasteiger charge is -2.09. The molecule has 2 heterocycles. The highest BCUT2D eigenvalue weighted by molar-refractivity contribution is 7.92. The minimum Gasteiger partial charge on any atom is -0.274 e. The molecule has 0 amide bonds. The molecule has 24 heavy (non-hydrogen) atoms. The minimum atomic E-state index is -3.89. The molecule has 0 atom stereocenters. The van der Waals surface area contributed by atoms with Crippen LogP contribution in [-0.4, -0.2) is 33.0 Å². The van der Waals surface area contributed by atoms with Crippen LogP contribution in [0.4, 0.5) is 10.1 Å². The third-order valence-corrected chi connectivity index (χ3v) is 4.88. The van der Waals surface area contributed by atoms with Crippen molar-refractivity contribution in [1.29, 1.82) is 0 Å². The second-order valence-electron chi connectivity index (χ2n) is 5.03. The van der Waals surface area contributed by atoms with Crippen LogP contribution in [0.15, 0.2) is 41.8 Å². The number of aromatic nitrogens is 5. The van der Waals surface area contributed by atoms with E-state index in [9.17, 15) is 12.8 Å². The SMILES string of the molecule is CCn1nc(-n2cnnc2)c(NS(=O)(=O)c2ccc(F)cc2)c1C. The number of nitrogens with zero attached hydrogens (tertiary/aromatic N) is 5. The minimum absolute atomic E-state index is 0.0396.